The Kier molecular flexibility index (Phi) is 6.26. The molecule has 0 radical (unpaired) electrons. The van der Waals surface area contributed by atoms with Crippen molar-refractivity contribution in [3.8, 4) is 11.5 Å². The van der Waals surface area contributed by atoms with Crippen LogP contribution in [-0.4, -0.2) is 6.16 Å². The Morgan fingerprint density at radius 1 is 0.750 bits per heavy atom. The lowest BCUT2D eigenvalue weighted by Gasteiger charge is -2.18. The highest BCUT2D eigenvalue weighted by molar-refractivity contribution is 5.69. The van der Waals surface area contributed by atoms with Gasteiger partial charge < -0.3 is 9.47 Å². The van der Waals surface area contributed by atoms with Crippen molar-refractivity contribution in [2.24, 2.45) is 0 Å². The van der Waals surface area contributed by atoms with Gasteiger partial charge in [0.2, 0.25) is 0 Å². The van der Waals surface area contributed by atoms with Gasteiger partial charge in [-0.25, -0.2) is 4.79 Å². The van der Waals surface area contributed by atoms with E-state index < -0.39 is 41.1 Å². The molecule has 2 aromatic rings. The summed E-state index contributed by atoms with van der Waals surface area (Å²) in [7, 11) is 0. The third kappa shape index (κ3) is 4.76. The number of rotatable bonds is 4. The first-order chi connectivity index (χ1) is 13.0. The molecule has 0 aliphatic heterocycles. The lowest BCUT2D eigenvalue weighted by Crippen LogP contribution is -2.20. The summed E-state index contributed by atoms with van der Waals surface area (Å²) < 4.78 is 89.1. The Labute approximate surface area is 156 Å². The molecule has 0 N–H and O–H groups in total. The van der Waals surface area contributed by atoms with Crippen LogP contribution >= 0.6 is 0 Å². The molecule has 0 aliphatic rings. The SMILES string of the molecule is CCc1cccc(OC(=O)Oc2cccc(CC)c2C(F)(F)F)c1C(F)(F)F. The van der Waals surface area contributed by atoms with E-state index in [-0.39, 0.29) is 24.0 Å². The van der Waals surface area contributed by atoms with E-state index in [2.05, 4.69) is 9.47 Å². The van der Waals surface area contributed by atoms with Crippen LogP contribution in [-0.2, 0) is 25.2 Å². The summed E-state index contributed by atoms with van der Waals surface area (Å²) in [5.41, 5.74) is -2.59. The lowest BCUT2D eigenvalue weighted by molar-refractivity contribution is -0.139. The molecule has 2 rings (SSSR count). The molecule has 0 aromatic heterocycles. The van der Waals surface area contributed by atoms with Gasteiger partial charge >= 0.3 is 18.5 Å². The van der Waals surface area contributed by atoms with Crippen molar-refractivity contribution < 1.29 is 40.6 Å². The average molecular weight is 406 g/mol. The zero-order valence-electron chi connectivity index (χ0n) is 14.9. The van der Waals surface area contributed by atoms with E-state index in [9.17, 15) is 31.1 Å². The van der Waals surface area contributed by atoms with Crippen LogP contribution in [0.3, 0.4) is 0 Å². The molecular weight excluding hydrogens is 390 g/mol. The van der Waals surface area contributed by atoms with Gasteiger partial charge in [0.25, 0.3) is 0 Å². The molecular formula is C19H16F6O3. The minimum Gasteiger partial charge on any atom is -0.394 e. The molecule has 0 atom stereocenters. The molecule has 0 saturated carbocycles. The van der Waals surface area contributed by atoms with Crippen molar-refractivity contribution in [1.29, 1.82) is 0 Å². The van der Waals surface area contributed by atoms with Crippen LogP contribution in [0.4, 0.5) is 31.1 Å². The van der Waals surface area contributed by atoms with Crippen LogP contribution in [0, 0.1) is 0 Å². The van der Waals surface area contributed by atoms with E-state index in [4.69, 9.17) is 0 Å². The van der Waals surface area contributed by atoms with Crippen LogP contribution in [0.5, 0.6) is 11.5 Å². The first-order valence-electron chi connectivity index (χ1n) is 8.26. The number of ether oxygens (including phenoxy) is 2. The van der Waals surface area contributed by atoms with Gasteiger partial charge in [-0.1, -0.05) is 38.1 Å². The van der Waals surface area contributed by atoms with Crippen molar-refractivity contribution in [3.05, 3.63) is 58.7 Å². The number of hydrogen-bond acceptors (Lipinski definition) is 3. The third-order valence-electron chi connectivity index (χ3n) is 3.94. The maximum atomic E-state index is 13.3. The minimum absolute atomic E-state index is 0.0118. The monoisotopic (exact) mass is 406 g/mol. The first-order valence-corrected chi connectivity index (χ1v) is 8.26. The van der Waals surface area contributed by atoms with E-state index in [0.717, 1.165) is 12.1 Å². The molecule has 28 heavy (non-hydrogen) atoms. The van der Waals surface area contributed by atoms with Gasteiger partial charge in [-0.3, -0.25) is 0 Å². The molecule has 0 aliphatic carbocycles. The zero-order valence-corrected chi connectivity index (χ0v) is 14.9. The fourth-order valence-electron chi connectivity index (χ4n) is 2.76. The average Bonchev–Trinajstić information content (AvgIpc) is 2.59. The zero-order chi connectivity index (χ0) is 21.1. The molecule has 0 saturated heterocycles. The number of carbonyl (C=O) groups excluding carboxylic acids is 1. The summed E-state index contributed by atoms with van der Waals surface area (Å²) in [5.74, 6) is -1.67. The normalized spacial score (nSPS) is 12.0. The predicted octanol–water partition coefficient (Wildman–Crippen LogP) is 6.43. The second-order valence-electron chi connectivity index (χ2n) is 5.74. The predicted molar refractivity (Wildman–Crippen MR) is 88.3 cm³/mol. The van der Waals surface area contributed by atoms with Gasteiger partial charge in [0.15, 0.2) is 0 Å². The van der Waals surface area contributed by atoms with E-state index >= 15 is 0 Å². The van der Waals surface area contributed by atoms with Crippen molar-refractivity contribution in [2.45, 2.75) is 39.0 Å². The van der Waals surface area contributed by atoms with Crippen LogP contribution in [0.25, 0.3) is 0 Å². The highest BCUT2D eigenvalue weighted by Crippen LogP contribution is 2.41. The quantitative estimate of drug-likeness (QED) is 0.334. The molecule has 0 amide bonds. The van der Waals surface area contributed by atoms with Gasteiger partial charge in [0, 0.05) is 0 Å². The molecule has 152 valence electrons. The first kappa shape index (κ1) is 21.6. The summed E-state index contributed by atoms with van der Waals surface area (Å²) in [6.07, 6.45) is -11.3. The highest BCUT2D eigenvalue weighted by atomic mass is 19.4. The number of carbonyl (C=O) groups is 1. The standard InChI is InChI=1S/C19H16F6O3/c1-3-11-7-5-9-13(15(11)18(20,21)22)27-17(26)28-14-10-6-8-12(4-2)16(14)19(23,24)25/h5-10H,3-4H2,1-2H3. The summed E-state index contributed by atoms with van der Waals surface area (Å²) >= 11 is 0. The topological polar surface area (TPSA) is 35.5 Å². The number of halogens is 6. The number of aryl methyl sites for hydroxylation is 2. The summed E-state index contributed by atoms with van der Waals surface area (Å²) in [4.78, 5) is 12.0. The maximum absolute atomic E-state index is 13.3. The van der Waals surface area contributed by atoms with Gasteiger partial charge in [0.1, 0.15) is 22.6 Å². The van der Waals surface area contributed by atoms with E-state index in [0.29, 0.717) is 0 Å². The van der Waals surface area contributed by atoms with Gasteiger partial charge in [0.05, 0.1) is 0 Å². The number of hydrogen-bond donors (Lipinski definition) is 0. The van der Waals surface area contributed by atoms with E-state index in [1.165, 1.54) is 38.1 Å². The Morgan fingerprint density at radius 2 is 1.11 bits per heavy atom. The molecule has 9 heteroatoms. The summed E-state index contributed by atoms with van der Waals surface area (Å²) in [6, 6.07) is 6.72. The second kappa shape index (κ2) is 8.12. The Morgan fingerprint density at radius 3 is 1.39 bits per heavy atom. The van der Waals surface area contributed by atoms with Gasteiger partial charge in [-0.05, 0) is 36.1 Å². The van der Waals surface area contributed by atoms with Crippen LogP contribution in [0.1, 0.15) is 36.1 Å². The smallest absolute Gasteiger partial charge is 0.394 e. The highest BCUT2D eigenvalue weighted by Gasteiger charge is 2.39. The Hall–Kier alpha value is -2.71. The van der Waals surface area contributed by atoms with E-state index in [1.807, 2.05) is 0 Å². The van der Waals surface area contributed by atoms with Crippen molar-refractivity contribution in [3.63, 3.8) is 0 Å². The summed E-state index contributed by atoms with van der Waals surface area (Å²) in [5, 5.41) is 0. The molecule has 0 unspecified atom stereocenters. The number of benzene rings is 2. The Bertz CT molecular complexity index is 786. The van der Waals surface area contributed by atoms with Crippen molar-refractivity contribution in [1.82, 2.24) is 0 Å². The second-order valence-corrected chi connectivity index (χ2v) is 5.74. The molecule has 0 fully saturated rings. The van der Waals surface area contributed by atoms with Crippen LogP contribution in [0.15, 0.2) is 36.4 Å². The molecule has 2 aromatic carbocycles. The van der Waals surface area contributed by atoms with Gasteiger partial charge in [-0.15, -0.1) is 0 Å². The molecule has 0 spiro atoms. The number of alkyl halides is 6. The Balaban J connectivity index is 2.37. The van der Waals surface area contributed by atoms with Crippen LogP contribution < -0.4 is 9.47 Å². The molecule has 0 bridgehead atoms. The fourth-order valence-corrected chi connectivity index (χ4v) is 2.76. The minimum atomic E-state index is -4.82. The van der Waals surface area contributed by atoms with Crippen molar-refractivity contribution >= 4 is 6.16 Å². The van der Waals surface area contributed by atoms with E-state index in [1.54, 1.807) is 0 Å². The lowest BCUT2D eigenvalue weighted by atomic mass is 10.0. The molecule has 3 nitrogen and oxygen atoms in total. The maximum Gasteiger partial charge on any atom is 0.519 e. The van der Waals surface area contributed by atoms with Crippen LogP contribution in [0.2, 0.25) is 0 Å². The van der Waals surface area contributed by atoms with Gasteiger partial charge in [-0.2, -0.15) is 26.3 Å². The fraction of sp³-hybridized carbons (Fsp3) is 0.316. The third-order valence-corrected chi connectivity index (χ3v) is 3.94. The molecule has 0 heterocycles. The largest absolute Gasteiger partial charge is 0.519 e. The summed E-state index contributed by atoms with van der Waals surface area (Å²) in [6.45, 7) is 2.97. The van der Waals surface area contributed by atoms with Crippen molar-refractivity contribution in [2.75, 3.05) is 0 Å².